The van der Waals surface area contributed by atoms with Gasteiger partial charge < -0.3 is 19.5 Å². The highest BCUT2D eigenvalue weighted by molar-refractivity contribution is 9.10. The fraction of sp³-hybridized carbons (Fsp3) is 0.185. The van der Waals surface area contributed by atoms with E-state index in [1.54, 1.807) is 0 Å². The zero-order valence-corrected chi connectivity index (χ0v) is 23.7. The lowest BCUT2D eigenvalue weighted by Crippen LogP contribution is -2.19. The van der Waals surface area contributed by atoms with Gasteiger partial charge in [-0.2, -0.15) is 0 Å². The maximum Gasteiger partial charge on any atom is 0.264 e. The number of ether oxygens (including phenoxy) is 3. The molecule has 0 bridgehead atoms. The van der Waals surface area contributed by atoms with Crippen LogP contribution in [0.15, 0.2) is 79.5 Å². The standard InChI is InChI=1S/C27H24Br2N2O4S/c1-3-33-21-11-9-20(10-12-21)30-27-31-26(32)24(36-27)15-18-13-22(29)25(23(14-18)34-4-2)35-16-17-5-7-19(28)8-6-17/h5-15H,3-4,16H2,1-2H3,(H,30,31,32)/b24-15+. The number of carbonyl (C=O) groups excluding carboxylic acids is 1. The van der Waals surface area contributed by atoms with E-state index in [0.717, 1.165) is 31.5 Å². The number of hydrogen-bond donors (Lipinski definition) is 1. The molecule has 1 saturated heterocycles. The molecule has 0 atom stereocenters. The van der Waals surface area contributed by atoms with Crippen molar-refractivity contribution in [2.75, 3.05) is 13.2 Å². The van der Waals surface area contributed by atoms with Crippen molar-refractivity contribution in [1.82, 2.24) is 5.32 Å². The molecule has 4 rings (SSSR count). The van der Waals surface area contributed by atoms with Gasteiger partial charge in [0.1, 0.15) is 12.4 Å². The SMILES string of the molecule is CCOc1ccc(N=C2NC(=O)/C(=C\c3cc(Br)c(OCc4ccc(Br)cc4)c(OCC)c3)S2)cc1. The van der Waals surface area contributed by atoms with Crippen LogP contribution in [-0.4, -0.2) is 24.3 Å². The normalized spacial score (nSPS) is 15.3. The molecule has 0 aromatic heterocycles. The molecular formula is C27H24Br2N2O4S. The van der Waals surface area contributed by atoms with Gasteiger partial charge in [-0.05, 0) is 107 Å². The number of rotatable bonds is 9. The van der Waals surface area contributed by atoms with Crippen molar-refractivity contribution in [3.8, 4) is 17.2 Å². The summed E-state index contributed by atoms with van der Waals surface area (Å²) in [6, 6.07) is 19.1. The van der Waals surface area contributed by atoms with Crippen molar-refractivity contribution in [2.45, 2.75) is 20.5 Å². The third-order valence-corrected chi connectivity index (χ3v) is 6.98. The third kappa shape index (κ3) is 6.93. The van der Waals surface area contributed by atoms with Gasteiger partial charge in [-0.15, -0.1) is 0 Å². The van der Waals surface area contributed by atoms with Crippen molar-refractivity contribution >= 4 is 66.5 Å². The second-order valence-corrected chi connectivity index (χ2v) is 10.4. The molecule has 1 N–H and O–H groups in total. The fourth-order valence-corrected chi connectivity index (χ4v) is 5.02. The zero-order valence-electron chi connectivity index (χ0n) is 19.7. The first-order valence-electron chi connectivity index (χ1n) is 11.3. The van der Waals surface area contributed by atoms with Crippen LogP contribution >= 0.6 is 43.6 Å². The van der Waals surface area contributed by atoms with E-state index >= 15 is 0 Å². The third-order valence-electron chi connectivity index (χ3n) is 4.96. The van der Waals surface area contributed by atoms with E-state index in [2.05, 4.69) is 42.2 Å². The lowest BCUT2D eigenvalue weighted by molar-refractivity contribution is -0.115. The molecule has 0 radical (unpaired) electrons. The Labute approximate surface area is 231 Å². The topological polar surface area (TPSA) is 69.2 Å². The van der Waals surface area contributed by atoms with Gasteiger partial charge in [0, 0.05) is 4.47 Å². The number of hydrogen-bond acceptors (Lipinski definition) is 6. The molecule has 1 aliphatic heterocycles. The van der Waals surface area contributed by atoms with Crippen molar-refractivity contribution in [2.24, 2.45) is 4.99 Å². The van der Waals surface area contributed by atoms with Gasteiger partial charge in [-0.3, -0.25) is 4.79 Å². The second-order valence-electron chi connectivity index (χ2n) is 7.59. The highest BCUT2D eigenvalue weighted by atomic mass is 79.9. The first-order valence-corrected chi connectivity index (χ1v) is 13.7. The number of carbonyl (C=O) groups is 1. The van der Waals surface area contributed by atoms with Crippen LogP contribution in [0.4, 0.5) is 5.69 Å². The Balaban J connectivity index is 1.51. The molecule has 1 heterocycles. The predicted molar refractivity (Wildman–Crippen MR) is 152 cm³/mol. The van der Waals surface area contributed by atoms with E-state index in [1.165, 1.54) is 11.8 Å². The van der Waals surface area contributed by atoms with Crippen LogP contribution in [0.2, 0.25) is 0 Å². The van der Waals surface area contributed by atoms with Crippen LogP contribution in [0.25, 0.3) is 6.08 Å². The van der Waals surface area contributed by atoms with Crippen molar-refractivity contribution in [3.63, 3.8) is 0 Å². The van der Waals surface area contributed by atoms with Crippen LogP contribution in [0.3, 0.4) is 0 Å². The molecule has 9 heteroatoms. The minimum atomic E-state index is -0.200. The Kier molecular flexibility index (Phi) is 9.12. The molecule has 1 fully saturated rings. The number of nitrogens with one attached hydrogen (secondary N) is 1. The summed E-state index contributed by atoms with van der Waals surface area (Å²) in [5, 5.41) is 3.35. The molecule has 36 heavy (non-hydrogen) atoms. The maximum atomic E-state index is 12.6. The Morgan fingerprint density at radius 2 is 1.67 bits per heavy atom. The van der Waals surface area contributed by atoms with E-state index in [4.69, 9.17) is 14.2 Å². The largest absolute Gasteiger partial charge is 0.494 e. The summed E-state index contributed by atoms with van der Waals surface area (Å²) in [6.07, 6.45) is 1.81. The van der Waals surface area contributed by atoms with Gasteiger partial charge in [-0.1, -0.05) is 28.1 Å². The average molecular weight is 632 g/mol. The number of nitrogens with zero attached hydrogens (tertiary/aromatic N) is 1. The van der Waals surface area contributed by atoms with Crippen molar-refractivity contribution in [3.05, 3.63) is 85.6 Å². The molecule has 1 aliphatic rings. The van der Waals surface area contributed by atoms with Crippen molar-refractivity contribution in [1.29, 1.82) is 0 Å². The minimum Gasteiger partial charge on any atom is -0.494 e. The molecule has 3 aromatic rings. The van der Waals surface area contributed by atoms with Crippen LogP contribution in [0.5, 0.6) is 17.2 Å². The second kappa shape index (κ2) is 12.5. The van der Waals surface area contributed by atoms with E-state index in [9.17, 15) is 4.79 Å². The first kappa shape index (κ1) is 26.3. The summed E-state index contributed by atoms with van der Waals surface area (Å²) < 4.78 is 19.1. The number of aliphatic imine (C=N–C) groups is 1. The monoisotopic (exact) mass is 630 g/mol. The van der Waals surface area contributed by atoms with Crippen LogP contribution in [0.1, 0.15) is 25.0 Å². The quantitative estimate of drug-likeness (QED) is 0.248. The van der Waals surface area contributed by atoms with Gasteiger partial charge in [0.25, 0.3) is 5.91 Å². The zero-order chi connectivity index (χ0) is 25.5. The summed E-state index contributed by atoms with van der Waals surface area (Å²) in [5.41, 5.74) is 2.58. The van der Waals surface area contributed by atoms with E-state index in [-0.39, 0.29) is 5.91 Å². The van der Waals surface area contributed by atoms with Gasteiger partial charge in [0.2, 0.25) is 0 Å². The summed E-state index contributed by atoms with van der Waals surface area (Å²) in [5.74, 6) is 1.80. The fourth-order valence-electron chi connectivity index (χ4n) is 3.34. The first-order chi connectivity index (χ1) is 17.4. The molecular weight excluding hydrogens is 608 g/mol. The molecule has 0 spiro atoms. The minimum absolute atomic E-state index is 0.200. The Hall–Kier alpha value is -2.75. The molecule has 6 nitrogen and oxygen atoms in total. The molecule has 0 unspecified atom stereocenters. The molecule has 0 aliphatic carbocycles. The summed E-state index contributed by atoms with van der Waals surface area (Å²) in [6.45, 7) is 5.34. The molecule has 1 amide bonds. The number of halogens is 2. The Morgan fingerprint density at radius 1 is 0.944 bits per heavy atom. The van der Waals surface area contributed by atoms with Crippen LogP contribution in [0, 0.1) is 0 Å². The predicted octanol–water partition coefficient (Wildman–Crippen LogP) is 7.48. The lowest BCUT2D eigenvalue weighted by Gasteiger charge is -2.15. The summed E-state index contributed by atoms with van der Waals surface area (Å²) in [7, 11) is 0. The van der Waals surface area contributed by atoms with E-state index in [0.29, 0.717) is 41.4 Å². The average Bonchev–Trinajstić information content (AvgIpc) is 3.19. The molecule has 186 valence electrons. The van der Waals surface area contributed by atoms with E-state index < -0.39 is 0 Å². The highest BCUT2D eigenvalue weighted by Crippen LogP contribution is 2.39. The number of thioether (sulfide) groups is 1. The van der Waals surface area contributed by atoms with Gasteiger partial charge in [0.15, 0.2) is 16.7 Å². The van der Waals surface area contributed by atoms with Crippen LogP contribution < -0.4 is 19.5 Å². The maximum absolute atomic E-state index is 12.6. The Morgan fingerprint density at radius 3 is 2.36 bits per heavy atom. The summed E-state index contributed by atoms with van der Waals surface area (Å²) >= 11 is 8.34. The van der Waals surface area contributed by atoms with Crippen LogP contribution in [-0.2, 0) is 11.4 Å². The number of benzene rings is 3. The lowest BCUT2D eigenvalue weighted by atomic mass is 10.1. The highest BCUT2D eigenvalue weighted by Gasteiger charge is 2.24. The van der Waals surface area contributed by atoms with Gasteiger partial charge in [-0.25, -0.2) is 4.99 Å². The van der Waals surface area contributed by atoms with Gasteiger partial charge in [0.05, 0.1) is 28.3 Å². The van der Waals surface area contributed by atoms with Crippen molar-refractivity contribution < 1.29 is 19.0 Å². The van der Waals surface area contributed by atoms with E-state index in [1.807, 2.05) is 80.6 Å². The Bertz CT molecular complexity index is 1290. The van der Waals surface area contributed by atoms with Gasteiger partial charge >= 0.3 is 0 Å². The number of amides is 1. The molecule has 0 saturated carbocycles. The smallest absolute Gasteiger partial charge is 0.264 e. The number of amidine groups is 1. The summed E-state index contributed by atoms with van der Waals surface area (Å²) in [4.78, 5) is 17.7. The molecule has 3 aromatic carbocycles.